The fraction of sp³-hybridized carbons (Fsp3) is 0.364. The molecule has 0 aromatic heterocycles. The highest BCUT2D eigenvalue weighted by atomic mass is 16.5. The largest absolute Gasteiger partial charge is 0.497 e. The van der Waals surface area contributed by atoms with Crippen LogP contribution in [0.4, 0.5) is 0 Å². The molecule has 0 bridgehead atoms. The molecule has 2 aromatic rings. The van der Waals surface area contributed by atoms with Crippen molar-refractivity contribution in [2.45, 2.75) is 31.8 Å². The van der Waals surface area contributed by atoms with E-state index in [1.807, 2.05) is 36.4 Å². The fourth-order valence-electron chi connectivity index (χ4n) is 3.81. The highest BCUT2D eigenvalue weighted by Gasteiger charge is 2.36. The number of benzene rings is 2. The van der Waals surface area contributed by atoms with E-state index in [1.165, 1.54) is 11.1 Å². The number of rotatable bonds is 6. The van der Waals surface area contributed by atoms with Gasteiger partial charge in [-0.2, -0.15) is 5.26 Å². The quantitative estimate of drug-likeness (QED) is 0.580. The van der Waals surface area contributed by atoms with Crippen LogP contribution in [-0.2, 0) is 16.0 Å². The summed E-state index contributed by atoms with van der Waals surface area (Å²) >= 11 is 0. The van der Waals surface area contributed by atoms with E-state index in [0.29, 0.717) is 6.61 Å². The first-order valence-electron chi connectivity index (χ1n) is 9.18. The average molecular weight is 364 g/mol. The molecule has 0 saturated carbocycles. The SMILES string of the molecule is CCOC(=O)C[C@H]1Cc2ccccc2[C@@H](c2ccc(OC)cc2)N1CC#N. The number of ether oxygens (including phenoxy) is 2. The molecule has 0 fully saturated rings. The van der Waals surface area contributed by atoms with Gasteiger partial charge in [0.25, 0.3) is 0 Å². The summed E-state index contributed by atoms with van der Waals surface area (Å²) in [5.41, 5.74) is 3.46. The molecule has 1 aliphatic heterocycles. The summed E-state index contributed by atoms with van der Waals surface area (Å²) in [5.74, 6) is 0.566. The monoisotopic (exact) mass is 364 g/mol. The minimum atomic E-state index is -0.224. The molecule has 0 amide bonds. The van der Waals surface area contributed by atoms with Crippen molar-refractivity contribution in [3.8, 4) is 11.8 Å². The van der Waals surface area contributed by atoms with Crippen LogP contribution >= 0.6 is 0 Å². The van der Waals surface area contributed by atoms with Gasteiger partial charge in [-0.05, 0) is 42.2 Å². The van der Waals surface area contributed by atoms with Gasteiger partial charge in [-0.1, -0.05) is 36.4 Å². The van der Waals surface area contributed by atoms with Crippen LogP contribution in [0.1, 0.15) is 36.1 Å². The van der Waals surface area contributed by atoms with Crippen LogP contribution < -0.4 is 4.74 Å². The van der Waals surface area contributed by atoms with Crippen molar-refractivity contribution in [2.24, 2.45) is 0 Å². The Hall–Kier alpha value is -2.84. The first kappa shape index (κ1) is 18.9. The molecule has 0 spiro atoms. The predicted molar refractivity (Wildman–Crippen MR) is 102 cm³/mol. The summed E-state index contributed by atoms with van der Waals surface area (Å²) in [6, 6.07) is 18.3. The van der Waals surface area contributed by atoms with Gasteiger partial charge in [-0.25, -0.2) is 0 Å². The second kappa shape index (κ2) is 8.70. The first-order chi connectivity index (χ1) is 13.2. The van der Waals surface area contributed by atoms with Crippen molar-refractivity contribution in [3.63, 3.8) is 0 Å². The number of fused-ring (bicyclic) bond motifs is 1. The molecule has 2 atom stereocenters. The molecule has 5 heteroatoms. The van der Waals surface area contributed by atoms with Crippen LogP contribution in [0.2, 0.25) is 0 Å². The van der Waals surface area contributed by atoms with Gasteiger partial charge in [-0.15, -0.1) is 0 Å². The minimum absolute atomic E-state index is 0.0781. The lowest BCUT2D eigenvalue weighted by Crippen LogP contribution is -2.45. The molecule has 1 heterocycles. The summed E-state index contributed by atoms with van der Waals surface area (Å²) in [6.45, 7) is 2.42. The Morgan fingerprint density at radius 1 is 1.22 bits per heavy atom. The molecule has 0 saturated heterocycles. The summed E-state index contributed by atoms with van der Waals surface area (Å²) in [4.78, 5) is 14.3. The number of nitrogens with zero attached hydrogens (tertiary/aromatic N) is 2. The Morgan fingerprint density at radius 2 is 1.96 bits per heavy atom. The Kier molecular flexibility index (Phi) is 6.10. The van der Waals surface area contributed by atoms with Crippen molar-refractivity contribution in [1.82, 2.24) is 4.90 Å². The maximum absolute atomic E-state index is 12.2. The molecule has 0 unspecified atom stereocenters. The molecular weight excluding hydrogens is 340 g/mol. The summed E-state index contributed by atoms with van der Waals surface area (Å²) in [6.07, 6.45) is 1.000. The molecule has 0 radical (unpaired) electrons. The van der Waals surface area contributed by atoms with Gasteiger partial charge in [0.15, 0.2) is 0 Å². The van der Waals surface area contributed by atoms with Gasteiger partial charge in [0.2, 0.25) is 0 Å². The van der Waals surface area contributed by atoms with Gasteiger partial charge >= 0.3 is 5.97 Å². The van der Waals surface area contributed by atoms with Crippen LogP contribution in [0.5, 0.6) is 5.75 Å². The Morgan fingerprint density at radius 3 is 2.63 bits per heavy atom. The molecule has 2 aromatic carbocycles. The van der Waals surface area contributed by atoms with Gasteiger partial charge in [0.1, 0.15) is 5.75 Å². The summed E-state index contributed by atoms with van der Waals surface area (Å²) in [5, 5.41) is 9.44. The van der Waals surface area contributed by atoms with E-state index in [1.54, 1.807) is 14.0 Å². The lowest BCUT2D eigenvalue weighted by Gasteiger charge is -2.42. The Labute approximate surface area is 160 Å². The van der Waals surface area contributed by atoms with Gasteiger partial charge in [-0.3, -0.25) is 9.69 Å². The normalized spacial score (nSPS) is 19.0. The second-order valence-corrected chi connectivity index (χ2v) is 6.57. The van der Waals surface area contributed by atoms with E-state index >= 15 is 0 Å². The van der Waals surface area contributed by atoms with Crippen LogP contribution in [-0.4, -0.2) is 37.2 Å². The van der Waals surface area contributed by atoms with Gasteiger partial charge < -0.3 is 9.47 Å². The van der Waals surface area contributed by atoms with E-state index < -0.39 is 0 Å². The van der Waals surface area contributed by atoms with E-state index in [-0.39, 0.29) is 31.0 Å². The van der Waals surface area contributed by atoms with Crippen molar-refractivity contribution in [2.75, 3.05) is 20.3 Å². The highest BCUT2D eigenvalue weighted by molar-refractivity contribution is 5.70. The molecule has 1 aliphatic rings. The van der Waals surface area contributed by atoms with E-state index in [4.69, 9.17) is 9.47 Å². The number of nitriles is 1. The maximum Gasteiger partial charge on any atom is 0.307 e. The van der Waals surface area contributed by atoms with Crippen molar-refractivity contribution in [1.29, 1.82) is 5.26 Å². The smallest absolute Gasteiger partial charge is 0.307 e. The zero-order valence-electron chi connectivity index (χ0n) is 15.7. The zero-order valence-corrected chi connectivity index (χ0v) is 15.7. The summed E-state index contributed by atoms with van der Waals surface area (Å²) in [7, 11) is 1.64. The Balaban J connectivity index is 2.02. The highest BCUT2D eigenvalue weighted by Crippen LogP contribution is 2.39. The molecule has 5 nitrogen and oxygen atoms in total. The standard InChI is InChI=1S/C22H24N2O3/c1-3-27-21(25)15-18-14-17-6-4-5-7-20(17)22(24(18)13-12-23)16-8-10-19(26-2)11-9-16/h4-11,18,22H,3,13-15H2,1-2H3/t18-,22-/m1/s1. The number of hydrogen-bond donors (Lipinski definition) is 0. The molecule has 27 heavy (non-hydrogen) atoms. The molecule has 3 rings (SSSR count). The first-order valence-corrected chi connectivity index (χ1v) is 9.18. The van der Waals surface area contributed by atoms with E-state index in [2.05, 4.69) is 23.1 Å². The molecule has 0 aliphatic carbocycles. The number of carbonyl (C=O) groups is 1. The average Bonchev–Trinajstić information content (AvgIpc) is 2.69. The third kappa shape index (κ3) is 4.12. The number of methoxy groups -OCH3 is 1. The summed E-state index contributed by atoms with van der Waals surface area (Å²) < 4.78 is 10.4. The number of esters is 1. The van der Waals surface area contributed by atoms with Crippen molar-refractivity contribution < 1.29 is 14.3 Å². The topological polar surface area (TPSA) is 62.6 Å². The fourth-order valence-corrected chi connectivity index (χ4v) is 3.81. The van der Waals surface area contributed by atoms with Crippen LogP contribution in [0.25, 0.3) is 0 Å². The van der Waals surface area contributed by atoms with Crippen molar-refractivity contribution in [3.05, 3.63) is 65.2 Å². The number of carbonyl (C=O) groups excluding carboxylic acids is 1. The third-order valence-electron chi connectivity index (χ3n) is 5.00. The van der Waals surface area contributed by atoms with Gasteiger partial charge in [0, 0.05) is 6.04 Å². The molecule has 140 valence electrons. The minimum Gasteiger partial charge on any atom is -0.497 e. The lowest BCUT2D eigenvalue weighted by atomic mass is 9.83. The number of hydrogen-bond acceptors (Lipinski definition) is 5. The molecular formula is C22H24N2O3. The van der Waals surface area contributed by atoms with Crippen LogP contribution in [0.15, 0.2) is 48.5 Å². The van der Waals surface area contributed by atoms with E-state index in [0.717, 1.165) is 17.7 Å². The predicted octanol–water partition coefficient (Wildman–Crippen LogP) is 3.49. The van der Waals surface area contributed by atoms with Crippen LogP contribution in [0.3, 0.4) is 0 Å². The lowest BCUT2D eigenvalue weighted by molar-refractivity contribution is -0.144. The van der Waals surface area contributed by atoms with E-state index in [9.17, 15) is 10.1 Å². The third-order valence-corrected chi connectivity index (χ3v) is 5.00. The maximum atomic E-state index is 12.2. The van der Waals surface area contributed by atoms with Gasteiger partial charge in [0.05, 0.1) is 38.8 Å². The molecule has 0 N–H and O–H groups in total. The van der Waals surface area contributed by atoms with Crippen molar-refractivity contribution >= 4 is 5.97 Å². The zero-order chi connectivity index (χ0) is 19.2. The Bertz CT molecular complexity index is 826. The second-order valence-electron chi connectivity index (χ2n) is 6.57. The van der Waals surface area contributed by atoms with Crippen LogP contribution in [0, 0.1) is 11.3 Å².